The predicted octanol–water partition coefficient (Wildman–Crippen LogP) is 0.414. The van der Waals surface area contributed by atoms with E-state index < -0.39 is 6.04 Å². The van der Waals surface area contributed by atoms with Crippen molar-refractivity contribution < 1.29 is 4.79 Å². The first-order valence-electron chi connectivity index (χ1n) is 3.80. The highest BCUT2D eigenvalue weighted by Gasteiger charge is 2.11. The summed E-state index contributed by atoms with van der Waals surface area (Å²) in [5.74, 6) is -0.111. The number of nitrogens with one attached hydrogen (secondary N) is 1. The van der Waals surface area contributed by atoms with Gasteiger partial charge < -0.3 is 11.1 Å². The van der Waals surface area contributed by atoms with Gasteiger partial charge in [-0.25, -0.2) is 0 Å². The molecule has 0 saturated heterocycles. The van der Waals surface area contributed by atoms with Crippen LogP contribution in [0.5, 0.6) is 0 Å². The first-order valence-corrected chi connectivity index (χ1v) is 3.80. The normalized spacial score (nSPS) is 15.2. The van der Waals surface area contributed by atoms with Crippen LogP contribution in [0.25, 0.3) is 0 Å². The fraction of sp³-hybridized carbons (Fsp3) is 0.625. The van der Waals surface area contributed by atoms with E-state index in [1.807, 2.05) is 13.8 Å². The molecule has 0 fully saturated rings. The van der Waals surface area contributed by atoms with Gasteiger partial charge in [-0.3, -0.25) is 4.79 Å². The first kappa shape index (κ1) is 10.2. The maximum atomic E-state index is 11.1. The van der Waals surface area contributed by atoms with E-state index in [4.69, 9.17) is 5.73 Å². The molecule has 3 heteroatoms. The van der Waals surface area contributed by atoms with Crippen molar-refractivity contribution in [1.82, 2.24) is 5.32 Å². The number of carbonyl (C=O) groups is 1. The van der Waals surface area contributed by atoms with Gasteiger partial charge in [0.15, 0.2) is 0 Å². The van der Waals surface area contributed by atoms with Crippen LogP contribution in [-0.4, -0.2) is 18.0 Å². The molecule has 0 aliphatic rings. The van der Waals surface area contributed by atoms with Crippen LogP contribution >= 0.6 is 0 Å². The monoisotopic (exact) mass is 156 g/mol. The van der Waals surface area contributed by atoms with Crippen molar-refractivity contribution in [3.63, 3.8) is 0 Å². The highest BCUT2D eigenvalue weighted by molar-refractivity contribution is 5.81. The Hall–Kier alpha value is -0.830. The molecule has 0 bridgehead atoms. The first-order chi connectivity index (χ1) is 5.11. The van der Waals surface area contributed by atoms with E-state index in [1.54, 1.807) is 6.08 Å². The largest absolute Gasteiger partial charge is 0.349 e. The zero-order chi connectivity index (χ0) is 8.85. The van der Waals surface area contributed by atoms with Gasteiger partial charge >= 0.3 is 0 Å². The van der Waals surface area contributed by atoms with Gasteiger partial charge in [-0.05, 0) is 13.3 Å². The molecule has 0 rings (SSSR count). The third kappa shape index (κ3) is 3.78. The molecule has 0 saturated carbocycles. The van der Waals surface area contributed by atoms with Crippen molar-refractivity contribution in [1.29, 1.82) is 0 Å². The Morgan fingerprint density at radius 3 is 2.73 bits per heavy atom. The van der Waals surface area contributed by atoms with Crippen LogP contribution in [0.4, 0.5) is 0 Å². The van der Waals surface area contributed by atoms with Crippen LogP contribution in [0, 0.1) is 0 Å². The molecule has 0 aromatic rings. The van der Waals surface area contributed by atoms with Crippen LogP contribution in [-0.2, 0) is 4.79 Å². The summed E-state index contributed by atoms with van der Waals surface area (Å²) in [6.07, 6.45) is 2.33. The van der Waals surface area contributed by atoms with E-state index in [9.17, 15) is 4.79 Å². The van der Waals surface area contributed by atoms with E-state index in [-0.39, 0.29) is 11.9 Å². The molecule has 0 aromatic heterocycles. The molecular formula is C8H16N2O. The minimum Gasteiger partial charge on any atom is -0.349 e. The zero-order valence-electron chi connectivity index (χ0n) is 7.13. The van der Waals surface area contributed by atoms with Crippen molar-refractivity contribution in [3.05, 3.63) is 12.7 Å². The number of rotatable bonds is 4. The lowest BCUT2D eigenvalue weighted by molar-refractivity contribution is -0.122. The van der Waals surface area contributed by atoms with Gasteiger partial charge in [0.1, 0.15) is 0 Å². The lowest BCUT2D eigenvalue weighted by Gasteiger charge is -2.12. The van der Waals surface area contributed by atoms with Crippen LogP contribution in [0.15, 0.2) is 12.7 Å². The number of amides is 1. The average Bonchev–Trinajstić information content (AvgIpc) is 2.02. The maximum Gasteiger partial charge on any atom is 0.237 e. The van der Waals surface area contributed by atoms with Crippen molar-refractivity contribution in [3.8, 4) is 0 Å². The Labute approximate surface area is 67.7 Å². The van der Waals surface area contributed by atoms with Crippen LogP contribution in [0.3, 0.4) is 0 Å². The average molecular weight is 156 g/mol. The van der Waals surface area contributed by atoms with Crippen molar-refractivity contribution in [2.24, 2.45) is 5.73 Å². The van der Waals surface area contributed by atoms with Gasteiger partial charge in [-0.1, -0.05) is 13.0 Å². The molecule has 1 amide bonds. The third-order valence-corrected chi connectivity index (χ3v) is 1.50. The van der Waals surface area contributed by atoms with Gasteiger partial charge in [-0.2, -0.15) is 0 Å². The number of carbonyl (C=O) groups excluding carboxylic acids is 1. The number of hydrogen-bond donors (Lipinski definition) is 2. The maximum absolute atomic E-state index is 11.1. The Balaban J connectivity index is 3.76. The van der Waals surface area contributed by atoms with E-state index >= 15 is 0 Å². The van der Waals surface area contributed by atoms with Crippen LogP contribution in [0.1, 0.15) is 20.3 Å². The minimum absolute atomic E-state index is 0.0000926. The summed E-state index contributed by atoms with van der Waals surface area (Å²) in [5, 5.41) is 2.70. The molecule has 0 aromatic carbocycles. The molecule has 0 aliphatic heterocycles. The molecule has 0 aliphatic carbocycles. The summed E-state index contributed by atoms with van der Waals surface area (Å²) >= 11 is 0. The predicted molar refractivity (Wildman–Crippen MR) is 46.1 cm³/mol. The standard InChI is InChI=1S/C8H16N2O/c1-4-6(3)10-8(11)7(9)5-2/h4,6-7H,1,5,9H2,2-3H3,(H,10,11)/t6?,7-/m0/s1. The van der Waals surface area contributed by atoms with Gasteiger partial charge in [-0.15, -0.1) is 6.58 Å². The number of nitrogens with two attached hydrogens (primary N) is 1. The molecular weight excluding hydrogens is 140 g/mol. The molecule has 0 radical (unpaired) electrons. The van der Waals surface area contributed by atoms with Gasteiger partial charge in [0, 0.05) is 6.04 Å². The van der Waals surface area contributed by atoms with Gasteiger partial charge in [0.2, 0.25) is 5.91 Å². The molecule has 64 valence electrons. The summed E-state index contributed by atoms with van der Waals surface area (Å²) in [6.45, 7) is 7.28. The van der Waals surface area contributed by atoms with E-state index in [0.717, 1.165) is 0 Å². The van der Waals surface area contributed by atoms with E-state index in [1.165, 1.54) is 0 Å². The van der Waals surface area contributed by atoms with Gasteiger partial charge in [0.25, 0.3) is 0 Å². The Morgan fingerprint density at radius 2 is 2.36 bits per heavy atom. The molecule has 0 spiro atoms. The minimum atomic E-state index is -0.391. The summed E-state index contributed by atoms with van der Waals surface area (Å²) in [4.78, 5) is 11.1. The molecule has 3 nitrogen and oxygen atoms in total. The lowest BCUT2D eigenvalue weighted by atomic mass is 10.2. The highest BCUT2D eigenvalue weighted by atomic mass is 16.2. The van der Waals surface area contributed by atoms with Crippen LogP contribution in [0.2, 0.25) is 0 Å². The van der Waals surface area contributed by atoms with E-state index in [2.05, 4.69) is 11.9 Å². The quantitative estimate of drug-likeness (QED) is 0.579. The fourth-order valence-electron chi connectivity index (χ4n) is 0.576. The van der Waals surface area contributed by atoms with Crippen LogP contribution < -0.4 is 11.1 Å². The Kier molecular flexibility index (Phi) is 4.54. The van der Waals surface area contributed by atoms with Gasteiger partial charge in [0.05, 0.1) is 6.04 Å². The smallest absolute Gasteiger partial charge is 0.237 e. The third-order valence-electron chi connectivity index (χ3n) is 1.50. The molecule has 1 unspecified atom stereocenters. The molecule has 3 N–H and O–H groups in total. The summed E-state index contributed by atoms with van der Waals surface area (Å²) in [6, 6.07) is -0.391. The molecule has 0 heterocycles. The second-order valence-corrected chi connectivity index (χ2v) is 2.55. The van der Waals surface area contributed by atoms with Crippen molar-refractivity contribution in [2.75, 3.05) is 0 Å². The molecule has 11 heavy (non-hydrogen) atoms. The highest BCUT2D eigenvalue weighted by Crippen LogP contribution is 1.88. The SMILES string of the molecule is C=CC(C)NC(=O)[C@@H](N)CC. The number of hydrogen-bond acceptors (Lipinski definition) is 2. The lowest BCUT2D eigenvalue weighted by Crippen LogP contribution is -2.43. The molecule has 2 atom stereocenters. The fourth-order valence-corrected chi connectivity index (χ4v) is 0.576. The summed E-state index contributed by atoms with van der Waals surface area (Å²) in [7, 11) is 0. The second-order valence-electron chi connectivity index (χ2n) is 2.55. The topological polar surface area (TPSA) is 55.1 Å². The van der Waals surface area contributed by atoms with Crippen molar-refractivity contribution in [2.45, 2.75) is 32.4 Å². The zero-order valence-corrected chi connectivity index (χ0v) is 7.13. The Morgan fingerprint density at radius 1 is 1.82 bits per heavy atom. The van der Waals surface area contributed by atoms with Crippen molar-refractivity contribution >= 4 is 5.91 Å². The summed E-state index contributed by atoms with van der Waals surface area (Å²) in [5.41, 5.74) is 5.47. The van der Waals surface area contributed by atoms with E-state index in [0.29, 0.717) is 6.42 Å². The Bertz CT molecular complexity index is 145. The second kappa shape index (κ2) is 4.91. The summed E-state index contributed by atoms with van der Waals surface area (Å²) < 4.78 is 0.